The molecule has 1 aliphatic heterocycles. The largest absolute Gasteiger partial charge is 0.448 e. The summed E-state index contributed by atoms with van der Waals surface area (Å²) in [5.41, 5.74) is 4.60. The predicted octanol–water partition coefficient (Wildman–Crippen LogP) is 4.35. The van der Waals surface area contributed by atoms with Gasteiger partial charge in [0, 0.05) is 24.7 Å². The van der Waals surface area contributed by atoms with Crippen molar-refractivity contribution in [1.29, 1.82) is 0 Å². The fourth-order valence-corrected chi connectivity index (χ4v) is 3.06. The Morgan fingerprint density at radius 2 is 1.71 bits per heavy atom. The van der Waals surface area contributed by atoms with Crippen LogP contribution in [0, 0.1) is 20.8 Å². The molecule has 0 aliphatic carbocycles. The SMILES string of the molecule is CCC(CC)NC1=NC(C)(Oc2c(C)cc(C)cc2C)NC=C1C. The first-order chi connectivity index (χ1) is 11.3. The minimum atomic E-state index is -0.807. The lowest BCUT2D eigenvalue weighted by molar-refractivity contribution is 0.0723. The van der Waals surface area contributed by atoms with E-state index in [1.54, 1.807) is 0 Å². The Morgan fingerprint density at radius 1 is 1.12 bits per heavy atom. The van der Waals surface area contributed by atoms with Crippen molar-refractivity contribution in [2.24, 2.45) is 4.99 Å². The zero-order valence-corrected chi connectivity index (χ0v) is 16.1. The van der Waals surface area contributed by atoms with E-state index in [1.807, 2.05) is 13.1 Å². The topological polar surface area (TPSA) is 45.7 Å². The highest BCUT2D eigenvalue weighted by molar-refractivity contribution is 5.98. The third-order valence-electron chi connectivity index (χ3n) is 4.49. The fourth-order valence-electron chi connectivity index (χ4n) is 3.06. The van der Waals surface area contributed by atoms with Gasteiger partial charge in [0.15, 0.2) is 0 Å². The van der Waals surface area contributed by atoms with E-state index < -0.39 is 5.85 Å². The van der Waals surface area contributed by atoms with Crippen LogP contribution in [-0.2, 0) is 0 Å². The highest BCUT2D eigenvalue weighted by Crippen LogP contribution is 2.29. The quantitative estimate of drug-likeness (QED) is 0.844. The van der Waals surface area contributed by atoms with E-state index in [-0.39, 0.29) is 0 Å². The van der Waals surface area contributed by atoms with Gasteiger partial charge in [-0.2, -0.15) is 0 Å². The number of amidine groups is 1. The van der Waals surface area contributed by atoms with Crippen LogP contribution in [0.4, 0.5) is 0 Å². The van der Waals surface area contributed by atoms with Crippen LogP contribution in [0.1, 0.15) is 57.2 Å². The van der Waals surface area contributed by atoms with Gasteiger partial charge >= 0.3 is 0 Å². The maximum absolute atomic E-state index is 6.30. The van der Waals surface area contributed by atoms with Crippen molar-refractivity contribution in [1.82, 2.24) is 10.6 Å². The summed E-state index contributed by atoms with van der Waals surface area (Å²) in [7, 11) is 0. The van der Waals surface area contributed by atoms with Crippen molar-refractivity contribution in [3.05, 3.63) is 40.6 Å². The van der Waals surface area contributed by atoms with Gasteiger partial charge in [-0.1, -0.05) is 31.5 Å². The number of ether oxygens (including phenoxy) is 1. The number of benzene rings is 1. The Hall–Kier alpha value is -1.97. The fraction of sp³-hybridized carbons (Fsp3) is 0.550. The van der Waals surface area contributed by atoms with Gasteiger partial charge in [-0.05, 0) is 51.7 Å². The molecule has 1 aromatic carbocycles. The second-order valence-corrected chi connectivity index (χ2v) is 6.90. The number of aliphatic imine (C=N–C) groups is 1. The van der Waals surface area contributed by atoms with Crippen LogP contribution in [0.2, 0.25) is 0 Å². The maximum Gasteiger partial charge on any atom is 0.277 e. The maximum atomic E-state index is 6.30. The summed E-state index contributed by atoms with van der Waals surface area (Å²) in [6.45, 7) is 14.7. The van der Waals surface area contributed by atoms with Gasteiger partial charge in [0.1, 0.15) is 11.6 Å². The lowest BCUT2D eigenvalue weighted by Gasteiger charge is -2.33. The van der Waals surface area contributed by atoms with Gasteiger partial charge in [0.05, 0.1) is 0 Å². The van der Waals surface area contributed by atoms with Crippen LogP contribution >= 0.6 is 0 Å². The highest BCUT2D eigenvalue weighted by atomic mass is 16.5. The van der Waals surface area contributed by atoms with Crippen LogP contribution in [0.25, 0.3) is 0 Å². The minimum Gasteiger partial charge on any atom is -0.448 e. The molecule has 0 aromatic heterocycles. The van der Waals surface area contributed by atoms with Crippen molar-refractivity contribution < 1.29 is 4.74 Å². The molecule has 0 fully saturated rings. The molecule has 2 rings (SSSR count). The van der Waals surface area contributed by atoms with Gasteiger partial charge in [0.25, 0.3) is 5.85 Å². The third-order valence-corrected chi connectivity index (χ3v) is 4.49. The van der Waals surface area contributed by atoms with E-state index in [0.29, 0.717) is 6.04 Å². The predicted molar refractivity (Wildman–Crippen MR) is 102 cm³/mol. The Labute approximate surface area is 146 Å². The summed E-state index contributed by atoms with van der Waals surface area (Å²) in [5, 5.41) is 6.84. The van der Waals surface area contributed by atoms with Crippen LogP contribution in [0.5, 0.6) is 5.75 Å². The Balaban J connectivity index is 2.28. The van der Waals surface area contributed by atoms with Crippen molar-refractivity contribution >= 4 is 5.84 Å². The summed E-state index contributed by atoms with van der Waals surface area (Å²) >= 11 is 0. The molecule has 0 bridgehead atoms. The Morgan fingerprint density at radius 3 is 2.25 bits per heavy atom. The summed E-state index contributed by atoms with van der Waals surface area (Å²) in [6, 6.07) is 4.71. The minimum absolute atomic E-state index is 0.428. The zero-order chi connectivity index (χ0) is 17.9. The van der Waals surface area contributed by atoms with E-state index in [9.17, 15) is 0 Å². The molecule has 132 valence electrons. The lowest BCUT2D eigenvalue weighted by atomic mass is 10.1. The Bertz CT molecular complexity index is 636. The van der Waals surface area contributed by atoms with Gasteiger partial charge in [-0.15, -0.1) is 0 Å². The molecule has 1 unspecified atom stereocenters. The van der Waals surface area contributed by atoms with Crippen molar-refractivity contribution in [2.75, 3.05) is 0 Å². The van der Waals surface area contributed by atoms with Gasteiger partial charge in [-0.3, -0.25) is 0 Å². The number of rotatable bonds is 5. The van der Waals surface area contributed by atoms with Crippen LogP contribution in [0.3, 0.4) is 0 Å². The summed E-state index contributed by atoms with van der Waals surface area (Å²) in [5.74, 6) is 1.00. The lowest BCUT2D eigenvalue weighted by Crippen LogP contribution is -2.50. The van der Waals surface area contributed by atoms with Crippen LogP contribution in [-0.4, -0.2) is 17.7 Å². The smallest absolute Gasteiger partial charge is 0.277 e. The van der Waals surface area contributed by atoms with Gasteiger partial charge < -0.3 is 15.4 Å². The number of nitrogens with zero attached hydrogens (tertiary/aromatic N) is 1. The normalized spacial score (nSPS) is 20.3. The molecule has 1 atom stereocenters. The second-order valence-electron chi connectivity index (χ2n) is 6.90. The zero-order valence-electron chi connectivity index (χ0n) is 16.1. The second kappa shape index (κ2) is 7.29. The van der Waals surface area contributed by atoms with Crippen molar-refractivity contribution in [3.63, 3.8) is 0 Å². The van der Waals surface area contributed by atoms with E-state index in [0.717, 1.165) is 41.1 Å². The molecule has 0 saturated heterocycles. The summed E-state index contributed by atoms with van der Waals surface area (Å²) < 4.78 is 6.30. The molecular formula is C20H31N3O. The molecule has 1 heterocycles. The molecule has 1 aliphatic rings. The molecule has 4 heteroatoms. The Kier molecular flexibility index (Phi) is 5.58. The van der Waals surface area contributed by atoms with E-state index in [2.05, 4.69) is 64.3 Å². The van der Waals surface area contributed by atoms with Crippen molar-refractivity contribution in [2.45, 2.75) is 73.2 Å². The molecule has 4 nitrogen and oxygen atoms in total. The summed E-state index contributed by atoms with van der Waals surface area (Å²) in [6.07, 6.45) is 4.13. The van der Waals surface area contributed by atoms with Crippen LogP contribution < -0.4 is 15.4 Å². The molecule has 0 amide bonds. The average molecular weight is 329 g/mol. The first-order valence-electron chi connectivity index (χ1n) is 8.86. The van der Waals surface area contributed by atoms with Crippen molar-refractivity contribution in [3.8, 4) is 5.75 Å². The standard InChI is InChI=1S/C20H31N3O/c1-8-17(9-2)22-19-16(6)12-21-20(7,23-19)24-18-14(4)10-13(3)11-15(18)5/h10-12,17,21H,8-9H2,1-7H3,(H,22,23). The first-order valence-corrected chi connectivity index (χ1v) is 8.86. The monoisotopic (exact) mass is 329 g/mol. The average Bonchev–Trinajstić information content (AvgIpc) is 2.52. The van der Waals surface area contributed by atoms with E-state index >= 15 is 0 Å². The first kappa shape index (κ1) is 18.4. The van der Waals surface area contributed by atoms with Gasteiger partial charge in [0.2, 0.25) is 0 Å². The number of hydrogen-bond donors (Lipinski definition) is 2. The number of aryl methyl sites for hydroxylation is 3. The van der Waals surface area contributed by atoms with E-state index in [1.165, 1.54) is 5.56 Å². The molecule has 0 saturated carbocycles. The summed E-state index contributed by atoms with van der Waals surface area (Å²) in [4.78, 5) is 4.83. The molecule has 24 heavy (non-hydrogen) atoms. The van der Waals surface area contributed by atoms with Gasteiger partial charge in [-0.25, -0.2) is 4.99 Å². The molecule has 2 N–H and O–H groups in total. The van der Waals surface area contributed by atoms with Crippen LogP contribution in [0.15, 0.2) is 28.9 Å². The van der Waals surface area contributed by atoms with E-state index in [4.69, 9.17) is 9.73 Å². The molecule has 0 radical (unpaired) electrons. The number of nitrogens with one attached hydrogen (secondary N) is 2. The molecular weight excluding hydrogens is 298 g/mol. The number of hydrogen-bond acceptors (Lipinski definition) is 4. The third kappa shape index (κ3) is 4.11. The molecule has 1 aromatic rings. The highest BCUT2D eigenvalue weighted by Gasteiger charge is 2.30. The molecule has 0 spiro atoms.